The molecule has 0 aromatic heterocycles. The van der Waals surface area contributed by atoms with Crippen LogP contribution in [-0.4, -0.2) is 11.2 Å². The number of hydrogen-bond acceptors (Lipinski definition) is 1. The predicted molar refractivity (Wildman–Crippen MR) is 108 cm³/mol. The van der Waals surface area contributed by atoms with Crippen molar-refractivity contribution in [1.29, 1.82) is 0 Å². The monoisotopic (exact) mass is 344 g/mol. The molecule has 1 saturated heterocycles. The smallest absolute Gasteiger partial charge is 0.0876 e. The summed E-state index contributed by atoms with van der Waals surface area (Å²) in [5.41, 5.74) is 1.49. The normalized spacial score (nSPS) is 55.2. The molecular formula is C24H40O. The highest BCUT2D eigenvalue weighted by molar-refractivity contribution is 5.33. The highest BCUT2D eigenvalue weighted by Crippen LogP contribution is 2.74. The van der Waals surface area contributed by atoms with Crippen molar-refractivity contribution in [3.05, 3.63) is 24.8 Å². The van der Waals surface area contributed by atoms with E-state index < -0.39 is 0 Å². The topological polar surface area (TPSA) is 9.23 Å². The SMILES string of the molecule is C=C[C@@]1(C)CC(=C)[C@]2(C)[C@]3(C)CCCC(C)(C)[C@@H]3[C@H](C)[C@H](C)[C@@]2(C)O1. The summed E-state index contributed by atoms with van der Waals surface area (Å²) in [4.78, 5) is 0. The molecule has 142 valence electrons. The van der Waals surface area contributed by atoms with Crippen molar-refractivity contribution in [3.8, 4) is 0 Å². The summed E-state index contributed by atoms with van der Waals surface area (Å²) >= 11 is 0. The number of ether oxygens (including phenoxy) is 1. The van der Waals surface area contributed by atoms with Gasteiger partial charge in [-0.1, -0.05) is 66.2 Å². The van der Waals surface area contributed by atoms with E-state index in [0.717, 1.165) is 6.42 Å². The summed E-state index contributed by atoms with van der Waals surface area (Å²) in [7, 11) is 0. The van der Waals surface area contributed by atoms with Gasteiger partial charge in [-0.3, -0.25) is 0 Å². The Morgan fingerprint density at radius 3 is 2.20 bits per heavy atom. The lowest BCUT2D eigenvalue weighted by Gasteiger charge is -2.74. The van der Waals surface area contributed by atoms with Crippen LogP contribution in [0.15, 0.2) is 24.8 Å². The van der Waals surface area contributed by atoms with E-state index in [1.807, 2.05) is 6.08 Å². The van der Waals surface area contributed by atoms with E-state index in [-0.39, 0.29) is 22.0 Å². The molecule has 3 aliphatic rings. The lowest BCUT2D eigenvalue weighted by Crippen LogP contribution is -2.73. The average molecular weight is 345 g/mol. The molecule has 1 heteroatoms. The zero-order valence-corrected chi connectivity index (χ0v) is 18.0. The Morgan fingerprint density at radius 2 is 1.64 bits per heavy atom. The van der Waals surface area contributed by atoms with Crippen molar-refractivity contribution in [2.75, 3.05) is 0 Å². The van der Waals surface area contributed by atoms with Gasteiger partial charge in [-0.15, -0.1) is 6.58 Å². The predicted octanol–water partition coefficient (Wildman–Crippen LogP) is 6.79. The van der Waals surface area contributed by atoms with E-state index in [1.54, 1.807) is 0 Å². The Balaban J connectivity index is 2.24. The zero-order chi connectivity index (χ0) is 19.1. The summed E-state index contributed by atoms with van der Waals surface area (Å²) in [5.74, 6) is 1.83. The van der Waals surface area contributed by atoms with Gasteiger partial charge in [0.05, 0.1) is 11.2 Å². The van der Waals surface area contributed by atoms with Crippen LogP contribution in [0.5, 0.6) is 0 Å². The molecule has 7 atom stereocenters. The molecule has 0 bridgehead atoms. The largest absolute Gasteiger partial charge is 0.364 e. The minimum Gasteiger partial charge on any atom is -0.364 e. The second-order valence-corrected chi connectivity index (χ2v) is 11.0. The molecule has 0 radical (unpaired) electrons. The van der Waals surface area contributed by atoms with Crippen LogP contribution in [0.3, 0.4) is 0 Å². The number of rotatable bonds is 1. The van der Waals surface area contributed by atoms with Crippen molar-refractivity contribution in [2.24, 2.45) is 34.0 Å². The van der Waals surface area contributed by atoms with E-state index in [4.69, 9.17) is 4.74 Å². The maximum Gasteiger partial charge on any atom is 0.0876 e. The highest BCUT2D eigenvalue weighted by Gasteiger charge is 2.72. The zero-order valence-electron chi connectivity index (χ0n) is 18.0. The third-order valence-electron chi connectivity index (χ3n) is 9.51. The third-order valence-corrected chi connectivity index (χ3v) is 9.51. The van der Waals surface area contributed by atoms with Gasteiger partial charge in [0.2, 0.25) is 0 Å². The fourth-order valence-corrected chi connectivity index (χ4v) is 7.93. The molecule has 3 fully saturated rings. The number of hydrogen-bond donors (Lipinski definition) is 0. The quantitative estimate of drug-likeness (QED) is 0.476. The first-order chi connectivity index (χ1) is 11.3. The van der Waals surface area contributed by atoms with Gasteiger partial charge in [-0.2, -0.15) is 0 Å². The summed E-state index contributed by atoms with van der Waals surface area (Å²) in [6, 6.07) is 0. The molecule has 3 rings (SSSR count). The van der Waals surface area contributed by atoms with Crippen molar-refractivity contribution < 1.29 is 4.74 Å². The Bertz CT molecular complexity index is 603. The van der Waals surface area contributed by atoms with Gasteiger partial charge in [0.15, 0.2) is 0 Å². The Labute approximate surface area is 156 Å². The van der Waals surface area contributed by atoms with E-state index in [9.17, 15) is 0 Å². The van der Waals surface area contributed by atoms with Crippen LogP contribution in [0.25, 0.3) is 0 Å². The molecule has 0 unspecified atom stereocenters. The molecule has 0 aromatic rings. The van der Waals surface area contributed by atoms with Crippen LogP contribution in [0.4, 0.5) is 0 Å². The van der Waals surface area contributed by atoms with Crippen LogP contribution in [-0.2, 0) is 4.74 Å². The Kier molecular flexibility index (Phi) is 4.03. The van der Waals surface area contributed by atoms with Crippen LogP contribution in [0, 0.1) is 34.0 Å². The van der Waals surface area contributed by atoms with Gasteiger partial charge in [0, 0.05) is 11.8 Å². The lowest BCUT2D eigenvalue weighted by molar-refractivity contribution is -0.309. The molecule has 2 saturated carbocycles. The molecule has 0 spiro atoms. The second kappa shape index (κ2) is 5.24. The van der Waals surface area contributed by atoms with Gasteiger partial charge in [0.25, 0.3) is 0 Å². The first kappa shape index (κ1) is 19.2. The summed E-state index contributed by atoms with van der Waals surface area (Å²) in [6.45, 7) is 28.3. The third kappa shape index (κ3) is 2.11. The molecule has 1 aliphatic heterocycles. The van der Waals surface area contributed by atoms with E-state index in [1.165, 1.54) is 24.8 Å². The molecule has 1 heterocycles. The molecule has 2 aliphatic carbocycles. The molecule has 0 aromatic carbocycles. The first-order valence-corrected chi connectivity index (χ1v) is 10.3. The van der Waals surface area contributed by atoms with Crippen LogP contribution < -0.4 is 0 Å². The summed E-state index contributed by atoms with van der Waals surface area (Å²) < 4.78 is 6.97. The molecule has 0 N–H and O–H groups in total. The Hall–Kier alpha value is -0.560. The minimum absolute atomic E-state index is 0.00317. The fourth-order valence-electron chi connectivity index (χ4n) is 7.93. The van der Waals surface area contributed by atoms with Crippen molar-refractivity contribution >= 4 is 0 Å². The van der Waals surface area contributed by atoms with Crippen molar-refractivity contribution in [2.45, 2.75) is 92.3 Å². The lowest BCUT2D eigenvalue weighted by atomic mass is 9.34. The van der Waals surface area contributed by atoms with E-state index in [2.05, 4.69) is 68.5 Å². The highest BCUT2D eigenvalue weighted by atomic mass is 16.5. The van der Waals surface area contributed by atoms with Crippen molar-refractivity contribution in [1.82, 2.24) is 0 Å². The van der Waals surface area contributed by atoms with Gasteiger partial charge in [-0.25, -0.2) is 0 Å². The first-order valence-electron chi connectivity index (χ1n) is 10.3. The molecule has 1 nitrogen and oxygen atoms in total. The second-order valence-electron chi connectivity index (χ2n) is 11.0. The summed E-state index contributed by atoms with van der Waals surface area (Å²) in [6.07, 6.45) is 6.84. The summed E-state index contributed by atoms with van der Waals surface area (Å²) in [5, 5.41) is 0. The van der Waals surface area contributed by atoms with E-state index >= 15 is 0 Å². The Morgan fingerprint density at radius 1 is 1.04 bits per heavy atom. The van der Waals surface area contributed by atoms with Crippen LogP contribution in [0.2, 0.25) is 0 Å². The van der Waals surface area contributed by atoms with Gasteiger partial charge < -0.3 is 4.74 Å². The maximum atomic E-state index is 6.97. The standard InChI is InChI=1S/C24H40O/c1-11-21(7)15-16(2)23(9)22(8)14-12-13-20(5,6)19(22)17(3)18(4)24(23,10)25-21/h11,17-19H,1-2,12-15H2,3-10H3/t17-,18+,19+,21+,22-,23-,24-/m1/s1. The van der Waals surface area contributed by atoms with Gasteiger partial charge in [0.1, 0.15) is 0 Å². The van der Waals surface area contributed by atoms with Gasteiger partial charge >= 0.3 is 0 Å². The average Bonchev–Trinajstić information content (AvgIpc) is 2.49. The van der Waals surface area contributed by atoms with Gasteiger partial charge in [-0.05, 0) is 55.3 Å². The van der Waals surface area contributed by atoms with E-state index in [0.29, 0.717) is 23.2 Å². The number of fused-ring (bicyclic) bond motifs is 3. The maximum absolute atomic E-state index is 6.97. The van der Waals surface area contributed by atoms with Crippen LogP contribution in [0.1, 0.15) is 81.1 Å². The fraction of sp³-hybridized carbons (Fsp3) is 0.833. The molecular weight excluding hydrogens is 304 g/mol. The molecule has 25 heavy (non-hydrogen) atoms. The molecule has 0 amide bonds. The van der Waals surface area contributed by atoms with Crippen LogP contribution >= 0.6 is 0 Å². The van der Waals surface area contributed by atoms with Crippen molar-refractivity contribution in [3.63, 3.8) is 0 Å². The minimum atomic E-state index is -0.299.